The average molecular weight is 241 g/mol. The van der Waals surface area contributed by atoms with Gasteiger partial charge in [-0.2, -0.15) is 5.43 Å². The van der Waals surface area contributed by atoms with Gasteiger partial charge in [0.15, 0.2) is 0 Å². The van der Waals surface area contributed by atoms with E-state index in [9.17, 15) is 10.1 Å². The molecule has 0 saturated heterocycles. The fourth-order valence-corrected chi connectivity index (χ4v) is 1.43. The highest BCUT2D eigenvalue weighted by Crippen LogP contribution is 2.07. The zero-order chi connectivity index (χ0) is 12.8. The van der Waals surface area contributed by atoms with Crippen LogP contribution < -0.4 is 5.43 Å². The number of hydrogen-bond acceptors (Lipinski definition) is 4. The largest absolute Gasteiger partial charge is 0.395 e. The molecule has 2 rings (SSSR count). The Kier molecular flexibility index (Phi) is 3.66. The molecule has 5 nitrogen and oxygen atoms in total. The van der Waals surface area contributed by atoms with Gasteiger partial charge < -0.3 is 10.1 Å². The Hall–Kier alpha value is -2.69. The van der Waals surface area contributed by atoms with Gasteiger partial charge in [-0.3, -0.25) is 0 Å². The number of amidine groups is 1. The first-order chi connectivity index (χ1) is 8.77. The zero-order valence-corrected chi connectivity index (χ0v) is 9.48. The Morgan fingerprint density at radius 1 is 1.00 bits per heavy atom. The normalized spacial score (nSPS) is 11.0. The van der Waals surface area contributed by atoms with Crippen LogP contribution in [0.15, 0.2) is 65.8 Å². The van der Waals surface area contributed by atoms with Crippen LogP contribution in [0.2, 0.25) is 0 Å². The second-order valence-corrected chi connectivity index (χ2v) is 3.54. The minimum atomic E-state index is -0.509. The number of nitrogens with one attached hydrogen (secondary N) is 1. The van der Waals surface area contributed by atoms with Crippen LogP contribution in [-0.4, -0.2) is 10.8 Å². The summed E-state index contributed by atoms with van der Waals surface area (Å²) in [6, 6.07) is 17.6. The van der Waals surface area contributed by atoms with Gasteiger partial charge in [-0.1, -0.05) is 36.4 Å². The van der Waals surface area contributed by atoms with E-state index in [0.29, 0.717) is 11.3 Å². The second kappa shape index (κ2) is 5.58. The van der Waals surface area contributed by atoms with E-state index in [1.165, 1.54) is 0 Å². The van der Waals surface area contributed by atoms with Crippen molar-refractivity contribution in [3.63, 3.8) is 0 Å². The molecule has 0 heterocycles. The third kappa shape index (κ3) is 2.91. The van der Waals surface area contributed by atoms with E-state index in [-0.39, 0.29) is 5.84 Å². The maximum Gasteiger partial charge on any atom is 0.395 e. The summed E-state index contributed by atoms with van der Waals surface area (Å²) < 4.78 is 0. The molecule has 5 heteroatoms. The van der Waals surface area contributed by atoms with Crippen molar-refractivity contribution < 1.29 is 4.92 Å². The van der Waals surface area contributed by atoms with Crippen LogP contribution in [0.3, 0.4) is 0 Å². The Morgan fingerprint density at radius 2 is 1.56 bits per heavy atom. The lowest BCUT2D eigenvalue weighted by molar-refractivity contribution is -0.349. The fourth-order valence-electron chi connectivity index (χ4n) is 1.43. The van der Waals surface area contributed by atoms with E-state index < -0.39 is 4.92 Å². The summed E-state index contributed by atoms with van der Waals surface area (Å²) in [4.78, 5) is 10.4. The molecule has 0 bridgehead atoms. The summed E-state index contributed by atoms with van der Waals surface area (Å²) in [5.74, 6) is -0.209. The average Bonchev–Trinajstić information content (AvgIpc) is 2.41. The summed E-state index contributed by atoms with van der Waals surface area (Å²) in [5, 5.41) is 14.8. The SMILES string of the molecule is O=[N+]([O-])/C(=N/Nc1ccccc1)c1ccccc1. The lowest BCUT2D eigenvalue weighted by Gasteiger charge is -1.99. The summed E-state index contributed by atoms with van der Waals surface area (Å²) in [6.07, 6.45) is 0. The molecule has 0 aliphatic heterocycles. The number of para-hydroxylation sites is 1. The van der Waals surface area contributed by atoms with Crippen molar-refractivity contribution in [1.29, 1.82) is 0 Å². The minimum absolute atomic E-state index is 0.209. The van der Waals surface area contributed by atoms with E-state index in [0.717, 1.165) is 0 Å². The monoisotopic (exact) mass is 241 g/mol. The molecule has 0 aromatic heterocycles. The highest BCUT2D eigenvalue weighted by Gasteiger charge is 2.15. The number of nitrogens with zero attached hydrogens (tertiary/aromatic N) is 2. The summed E-state index contributed by atoms with van der Waals surface area (Å²) in [5.41, 5.74) is 3.84. The molecule has 0 unspecified atom stereocenters. The molecule has 0 amide bonds. The zero-order valence-electron chi connectivity index (χ0n) is 9.48. The van der Waals surface area contributed by atoms with Gasteiger partial charge in [0.05, 0.1) is 16.4 Å². The first-order valence-electron chi connectivity index (χ1n) is 5.36. The molecule has 0 atom stereocenters. The molecule has 1 N–H and O–H groups in total. The van der Waals surface area contributed by atoms with E-state index in [2.05, 4.69) is 10.5 Å². The first kappa shape index (κ1) is 11.8. The summed E-state index contributed by atoms with van der Waals surface area (Å²) in [7, 11) is 0. The van der Waals surface area contributed by atoms with Gasteiger partial charge in [-0.05, 0) is 29.2 Å². The molecule has 90 valence electrons. The van der Waals surface area contributed by atoms with Gasteiger partial charge in [0.25, 0.3) is 0 Å². The molecule has 2 aromatic rings. The van der Waals surface area contributed by atoms with E-state index in [4.69, 9.17) is 0 Å². The van der Waals surface area contributed by atoms with Gasteiger partial charge in [0.1, 0.15) is 0 Å². The van der Waals surface area contributed by atoms with Gasteiger partial charge in [0.2, 0.25) is 0 Å². The van der Waals surface area contributed by atoms with Gasteiger partial charge in [0, 0.05) is 0 Å². The Labute approximate surface area is 104 Å². The van der Waals surface area contributed by atoms with Gasteiger partial charge in [-0.25, -0.2) is 0 Å². The molecule has 0 fully saturated rings. The molecule has 2 aromatic carbocycles. The Morgan fingerprint density at radius 3 is 2.11 bits per heavy atom. The number of benzene rings is 2. The Balaban J connectivity index is 2.24. The fraction of sp³-hybridized carbons (Fsp3) is 0. The second-order valence-electron chi connectivity index (χ2n) is 3.54. The number of rotatable bonds is 3. The smallest absolute Gasteiger partial charge is 0.358 e. The molecule has 0 aliphatic rings. The highest BCUT2D eigenvalue weighted by atomic mass is 16.6. The van der Waals surface area contributed by atoms with Crippen molar-refractivity contribution in [2.24, 2.45) is 5.10 Å². The molecule has 0 radical (unpaired) electrons. The number of hydrazone groups is 1. The van der Waals surface area contributed by atoms with Gasteiger partial charge >= 0.3 is 5.84 Å². The van der Waals surface area contributed by atoms with Gasteiger partial charge in [-0.15, -0.1) is 0 Å². The summed E-state index contributed by atoms with van der Waals surface area (Å²) >= 11 is 0. The maximum atomic E-state index is 11.0. The predicted molar refractivity (Wildman–Crippen MR) is 70.0 cm³/mol. The topological polar surface area (TPSA) is 67.5 Å². The minimum Gasteiger partial charge on any atom is -0.358 e. The van der Waals surface area contributed by atoms with Crippen LogP contribution in [0, 0.1) is 10.1 Å². The van der Waals surface area contributed by atoms with Crippen molar-refractivity contribution in [2.45, 2.75) is 0 Å². The van der Waals surface area contributed by atoms with Crippen molar-refractivity contribution in [2.75, 3.05) is 5.43 Å². The highest BCUT2D eigenvalue weighted by molar-refractivity contribution is 5.92. The third-order valence-electron chi connectivity index (χ3n) is 2.27. The van der Waals surface area contributed by atoms with Crippen molar-refractivity contribution in [3.05, 3.63) is 76.3 Å². The van der Waals surface area contributed by atoms with E-state index in [1.54, 1.807) is 42.5 Å². The predicted octanol–water partition coefficient (Wildman–Crippen LogP) is 2.74. The quantitative estimate of drug-likeness (QED) is 0.389. The molecule has 0 spiro atoms. The summed E-state index contributed by atoms with van der Waals surface area (Å²) in [6.45, 7) is 0. The van der Waals surface area contributed by atoms with E-state index in [1.807, 2.05) is 18.2 Å². The molecule has 18 heavy (non-hydrogen) atoms. The number of anilines is 1. The van der Waals surface area contributed by atoms with Crippen LogP contribution in [0.1, 0.15) is 5.56 Å². The maximum absolute atomic E-state index is 11.0. The number of hydrogen-bond donors (Lipinski definition) is 1. The lowest BCUT2D eigenvalue weighted by Crippen LogP contribution is -2.15. The van der Waals surface area contributed by atoms with Crippen LogP contribution in [0.4, 0.5) is 5.69 Å². The molecule has 0 saturated carbocycles. The van der Waals surface area contributed by atoms with E-state index >= 15 is 0 Å². The molecular formula is C13H11N3O2. The van der Waals surface area contributed by atoms with Crippen LogP contribution >= 0.6 is 0 Å². The molecular weight excluding hydrogens is 230 g/mol. The Bertz CT molecular complexity index is 553. The standard InChI is InChI=1S/C13H11N3O2/c17-16(18)13(11-7-3-1-4-8-11)15-14-12-9-5-2-6-10-12/h1-10,14H/b15-13+. The lowest BCUT2D eigenvalue weighted by atomic mass is 10.2. The van der Waals surface area contributed by atoms with Crippen LogP contribution in [-0.2, 0) is 0 Å². The number of nitro groups is 1. The van der Waals surface area contributed by atoms with Crippen molar-refractivity contribution in [1.82, 2.24) is 0 Å². The van der Waals surface area contributed by atoms with Crippen LogP contribution in [0.5, 0.6) is 0 Å². The third-order valence-corrected chi connectivity index (χ3v) is 2.27. The molecule has 0 aliphatic carbocycles. The first-order valence-corrected chi connectivity index (χ1v) is 5.36. The van der Waals surface area contributed by atoms with Crippen LogP contribution in [0.25, 0.3) is 0 Å². The van der Waals surface area contributed by atoms with Crippen molar-refractivity contribution >= 4 is 11.5 Å². The van der Waals surface area contributed by atoms with Crippen molar-refractivity contribution in [3.8, 4) is 0 Å².